The van der Waals surface area contributed by atoms with Crippen molar-refractivity contribution in [1.82, 2.24) is 19.9 Å². The monoisotopic (exact) mass is 221 g/mol. The second-order valence-corrected chi connectivity index (χ2v) is 3.17. The first-order valence-corrected chi connectivity index (χ1v) is 4.69. The SMILES string of the molecule is Clc1cncc(NCc2ccncn2)n1. The molecule has 2 heterocycles. The van der Waals surface area contributed by atoms with Crippen molar-refractivity contribution in [2.75, 3.05) is 5.32 Å². The van der Waals surface area contributed by atoms with Crippen LogP contribution in [-0.2, 0) is 6.54 Å². The normalized spacial score (nSPS) is 9.93. The van der Waals surface area contributed by atoms with Crippen LogP contribution in [0.25, 0.3) is 0 Å². The van der Waals surface area contributed by atoms with Gasteiger partial charge in [-0.2, -0.15) is 0 Å². The average molecular weight is 222 g/mol. The molecule has 0 fully saturated rings. The quantitative estimate of drug-likeness (QED) is 0.852. The van der Waals surface area contributed by atoms with E-state index >= 15 is 0 Å². The van der Waals surface area contributed by atoms with Crippen LogP contribution in [0.4, 0.5) is 5.82 Å². The van der Waals surface area contributed by atoms with Crippen molar-refractivity contribution < 1.29 is 0 Å². The Morgan fingerprint density at radius 1 is 1.27 bits per heavy atom. The van der Waals surface area contributed by atoms with Gasteiger partial charge < -0.3 is 5.32 Å². The van der Waals surface area contributed by atoms with Crippen LogP contribution in [0.3, 0.4) is 0 Å². The van der Waals surface area contributed by atoms with Crippen molar-refractivity contribution in [3.8, 4) is 0 Å². The van der Waals surface area contributed by atoms with Gasteiger partial charge in [-0.3, -0.25) is 4.98 Å². The molecule has 0 aromatic carbocycles. The van der Waals surface area contributed by atoms with E-state index in [1.54, 1.807) is 12.4 Å². The lowest BCUT2D eigenvalue weighted by Crippen LogP contribution is -2.03. The number of hydrogen-bond acceptors (Lipinski definition) is 5. The number of hydrogen-bond donors (Lipinski definition) is 1. The van der Waals surface area contributed by atoms with Gasteiger partial charge in [-0.05, 0) is 6.07 Å². The maximum Gasteiger partial charge on any atom is 0.149 e. The van der Waals surface area contributed by atoms with Crippen LogP contribution in [0.5, 0.6) is 0 Å². The third kappa shape index (κ3) is 2.85. The van der Waals surface area contributed by atoms with E-state index in [-0.39, 0.29) is 0 Å². The molecule has 0 spiro atoms. The highest BCUT2D eigenvalue weighted by Crippen LogP contribution is 2.07. The van der Waals surface area contributed by atoms with E-state index in [1.807, 2.05) is 6.07 Å². The first-order chi connectivity index (χ1) is 7.34. The standard InChI is InChI=1S/C9H8ClN5/c10-8-4-12-5-9(15-8)13-3-7-1-2-11-6-14-7/h1-2,4-6H,3H2,(H,13,15). The summed E-state index contributed by atoms with van der Waals surface area (Å²) in [6.45, 7) is 0.567. The Balaban J connectivity index is 1.99. The molecule has 5 nitrogen and oxygen atoms in total. The molecule has 0 bridgehead atoms. The molecule has 2 rings (SSSR count). The highest BCUT2D eigenvalue weighted by atomic mass is 35.5. The molecule has 0 radical (unpaired) electrons. The van der Waals surface area contributed by atoms with Crippen molar-refractivity contribution in [3.05, 3.63) is 41.8 Å². The van der Waals surface area contributed by atoms with Gasteiger partial charge in [0.15, 0.2) is 0 Å². The number of aromatic nitrogens is 4. The predicted octanol–water partition coefficient (Wildman–Crippen LogP) is 1.53. The number of nitrogens with zero attached hydrogens (tertiary/aromatic N) is 4. The minimum Gasteiger partial charge on any atom is -0.363 e. The van der Waals surface area contributed by atoms with Gasteiger partial charge in [0, 0.05) is 6.20 Å². The Hall–Kier alpha value is -1.75. The lowest BCUT2D eigenvalue weighted by Gasteiger charge is -2.03. The summed E-state index contributed by atoms with van der Waals surface area (Å²) in [6.07, 6.45) is 6.28. The topological polar surface area (TPSA) is 63.6 Å². The zero-order chi connectivity index (χ0) is 10.5. The van der Waals surface area contributed by atoms with Crippen LogP contribution < -0.4 is 5.32 Å². The van der Waals surface area contributed by atoms with E-state index < -0.39 is 0 Å². The zero-order valence-corrected chi connectivity index (χ0v) is 8.52. The Morgan fingerprint density at radius 2 is 2.20 bits per heavy atom. The summed E-state index contributed by atoms with van der Waals surface area (Å²) < 4.78 is 0. The predicted molar refractivity (Wildman–Crippen MR) is 56.4 cm³/mol. The van der Waals surface area contributed by atoms with Crippen LogP contribution in [0.1, 0.15) is 5.69 Å². The highest BCUT2D eigenvalue weighted by molar-refractivity contribution is 6.29. The fraction of sp³-hybridized carbons (Fsp3) is 0.111. The van der Waals surface area contributed by atoms with Crippen molar-refractivity contribution >= 4 is 17.4 Å². The zero-order valence-electron chi connectivity index (χ0n) is 7.76. The molecule has 6 heteroatoms. The van der Waals surface area contributed by atoms with Gasteiger partial charge in [-0.1, -0.05) is 11.6 Å². The molecular formula is C9H8ClN5. The third-order valence-electron chi connectivity index (χ3n) is 1.70. The molecule has 0 aliphatic heterocycles. The van der Waals surface area contributed by atoms with Crippen LogP contribution >= 0.6 is 11.6 Å². The van der Waals surface area contributed by atoms with E-state index in [0.717, 1.165) is 5.69 Å². The Labute approximate surface area is 91.6 Å². The molecule has 0 aliphatic carbocycles. The highest BCUT2D eigenvalue weighted by Gasteiger charge is 1.97. The van der Waals surface area contributed by atoms with Gasteiger partial charge in [0.25, 0.3) is 0 Å². The maximum atomic E-state index is 5.69. The van der Waals surface area contributed by atoms with E-state index in [1.165, 1.54) is 12.5 Å². The number of rotatable bonds is 3. The average Bonchev–Trinajstić information content (AvgIpc) is 2.28. The molecule has 0 saturated carbocycles. The van der Waals surface area contributed by atoms with Crippen LogP contribution in [0, 0.1) is 0 Å². The summed E-state index contributed by atoms with van der Waals surface area (Å²) in [6, 6.07) is 1.82. The molecule has 0 saturated heterocycles. The Bertz CT molecular complexity index is 434. The van der Waals surface area contributed by atoms with Crippen LogP contribution in [-0.4, -0.2) is 19.9 Å². The lowest BCUT2D eigenvalue weighted by atomic mass is 10.4. The molecule has 1 N–H and O–H groups in total. The number of halogens is 1. The van der Waals surface area contributed by atoms with Gasteiger partial charge >= 0.3 is 0 Å². The summed E-state index contributed by atoms with van der Waals surface area (Å²) in [4.78, 5) is 15.8. The fourth-order valence-corrected chi connectivity index (χ4v) is 1.18. The van der Waals surface area contributed by atoms with E-state index in [2.05, 4.69) is 25.3 Å². The molecule has 0 aliphatic rings. The number of anilines is 1. The molecular weight excluding hydrogens is 214 g/mol. The molecule has 15 heavy (non-hydrogen) atoms. The summed E-state index contributed by atoms with van der Waals surface area (Å²) in [7, 11) is 0. The van der Waals surface area contributed by atoms with Crippen molar-refractivity contribution in [2.45, 2.75) is 6.54 Å². The fourth-order valence-electron chi connectivity index (χ4n) is 1.03. The maximum absolute atomic E-state index is 5.69. The molecule has 0 unspecified atom stereocenters. The van der Waals surface area contributed by atoms with Crippen LogP contribution in [0.2, 0.25) is 5.15 Å². The minimum absolute atomic E-state index is 0.364. The smallest absolute Gasteiger partial charge is 0.149 e. The number of nitrogens with one attached hydrogen (secondary N) is 1. The first kappa shape index (κ1) is 9.79. The van der Waals surface area contributed by atoms with E-state index in [9.17, 15) is 0 Å². The van der Waals surface area contributed by atoms with Crippen LogP contribution in [0.15, 0.2) is 31.0 Å². The van der Waals surface area contributed by atoms with Gasteiger partial charge in [-0.25, -0.2) is 15.0 Å². The van der Waals surface area contributed by atoms with Gasteiger partial charge in [0.2, 0.25) is 0 Å². The second kappa shape index (κ2) is 4.65. The van der Waals surface area contributed by atoms with E-state index in [4.69, 9.17) is 11.6 Å². The van der Waals surface area contributed by atoms with E-state index in [0.29, 0.717) is 17.5 Å². The van der Waals surface area contributed by atoms with Gasteiger partial charge in [-0.15, -0.1) is 0 Å². The molecule has 2 aromatic rings. The summed E-state index contributed by atoms with van der Waals surface area (Å²) in [5, 5.41) is 3.42. The Morgan fingerprint density at radius 3 is 2.93 bits per heavy atom. The largest absolute Gasteiger partial charge is 0.363 e. The lowest BCUT2D eigenvalue weighted by molar-refractivity contribution is 0.991. The van der Waals surface area contributed by atoms with Crippen molar-refractivity contribution in [2.24, 2.45) is 0 Å². The molecule has 76 valence electrons. The van der Waals surface area contributed by atoms with Crippen molar-refractivity contribution in [1.29, 1.82) is 0 Å². The molecule has 0 amide bonds. The second-order valence-electron chi connectivity index (χ2n) is 2.78. The third-order valence-corrected chi connectivity index (χ3v) is 1.88. The summed E-state index contributed by atoms with van der Waals surface area (Å²) >= 11 is 5.69. The molecule has 2 aromatic heterocycles. The summed E-state index contributed by atoms with van der Waals surface area (Å²) in [5.74, 6) is 0.626. The summed E-state index contributed by atoms with van der Waals surface area (Å²) in [5.41, 5.74) is 0.881. The Kier molecular flexibility index (Phi) is 3.04. The van der Waals surface area contributed by atoms with Gasteiger partial charge in [0.05, 0.1) is 24.6 Å². The van der Waals surface area contributed by atoms with Crippen molar-refractivity contribution in [3.63, 3.8) is 0 Å². The molecule has 0 atom stereocenters. The van der Waals surface area contributed by atoms with Gasteiger partial charge in [0.1, 0.15) is 17.3 Å². The minimum atomic E-state index is 0.364. The first-order valence-electron chi connectivity index (χ1n) is 4.31.